The monoisotopic (exact) mass is 246 g/mol. The van der Waals surface area contributed by atoms with E-state index >= 15 is 0 Å². The number of ketones is 1. The second-order valence-corrected chi connectivity index (χ2v) is 5.51. The van der Waals surface area contributed by atoms with Crippen LogP contribution in [0.15, 0.2) is 30.3 Å². The molecule has 0 aliphatic carbocycles. The van der Waals surface area contributed by atoms with Gasteiger partial charge in [0, 0.05) is 17.2 Å². The number of carbonyl (C=O) groups excluding carboxylic acids is 1. The van der Waals surface area contributed by atoms with Gasteiger partial charge in [0.05, 0.1) is 11.5 Å². The third kappa shape index (κ3) is 2.13. The van der Waals surface area contributed by atoms with E-state index in [1.54, 1.807) is 11.3 Å². The highest BCUT2D eigenvalue weighted by Gasteiger charge is 2.24. The Balaban J connectivity index is 1.89. The van der Waals surface area contributed by atoms with Gasteiger partial charge in [-0.15, -0.1) is 11.3 Å². The van der Waals surface area contributed by atoms with Crippen molar-refractivity contribution in [1.29, 1.82) is 0 Å². The number of benzene rings is 1. The molecule has 0 N–H and O–H groups in total. The van der Waals surface area contributed by atoms with Gasteiger partial charge in [-0.2, -0.15) is 0 Å². The van der Waals surface area contributed by atoms with Crippen LogP contribution >= 0.6 is 11.3 Å². The number of rotatable bonds is 2. The number of carbonyl (C=O) groups is 1. The van der Waals surface area contributed by atoms with Gasteiger partial charge in [-0.05, 0) is 30.4 Å². The van der Waals surface area contributed by atoms with Crippen LogP contribution in [0.3, 0.4) is 0 Å². The van der Waals surface area contributed by atoms with Gasteiger partial charge < -0.3 is 4.74 Å². The van der Waals surface area contributed by atoms with Crippen molar-refractivity contribution in [1.82, 2.24) is 0 Å². The molecular weight excluding hydrogens is 232 g/mol. The lowest BCUT2D eigenvalue weighted by molar-refractivity contribution is 0.0464. The lowest BCUT2D eigenvalue weighted by Crippen LogP contribution is -2.24. The molecule has 0 spiro atoms. The summed E-state index contributed by atoms with van der Waals surface area (Å²) < 4.78 is 6.57. The van der Waals surface area contributed by atoms with Crippen LogP contribution in [0, 0.1) is 5.92 Å². The Bertz CT molecular complexity index is 505. The second-order valence-electron chi connectivity index (χ2n) is 4.43. The largest absolute Gasteiger partial charge is 0.381 e. The fourth-order valence-corrected chi connectivity index (χ4v) is 3.33. The second kappa shape index (κ2) is 4.59. The predicted octanol–water partition coefficient (Wildman–Crippen LogP) is 3.51. The number of fused-ring (bicyclic) bond motifs is 1. The highest BCUT2D eigenvalue weighted by molar-refractivity contribution is 7.20. The molecule has 1 aliphatic heterocycles. The van der Waals surface area contributed by atoms with Gasteiger partial charge in [0.15, 0.2) is 5.78 Å². The van der Waals surface area contributed by atoms with E-state index in [-0.39, 0.29) is 11.7 Å². The van der Waals surface area contributed by atoms with E-state index in [1.807, 2.05) is 18.2 Å². The topological polar surface area (TPSA) is 26.3 Å². The molecule has 1 aromatic heterocycles. The number of hydrogen-bond donors (Lipinski definition) is 0. The summed E-state index contributed by atoms with van der Waals surface area (Å²) in [7, 11) is 0. The first-order chi connectivity index (χ1) is 8.34. The number of hydrogen-bond acceptors (Lipinski definition) is 3. The van der Waals surface area contributed by atoms with Crippen molar-refractivity contribution < 1.29 is 9.53 Å². The minimum atomic E-state index is 0.0665. The summed E-state index contributed by atoms with van der Waals surface area (Å²) in [5, 5.41) is 1.16. The minimum Gasteiger partial charge on any atom is -0.381 e. The molecule has 1 saturated heterocycles. The molecule has 17 heavy (non-hydrogen) atoms. The number of thiophene rings is 1. The summed E-state index contributed by atoms with van der Waals surface area (Å²) in [5.74, 6) is 0.322. The van der Waals surface area contributed by atoms with E-state index in [1.165, 1.54) is 4.70 Å². The van der Waals surface area contributed by atoms with E-state index in [4.69, 9.17) is 4.74 Å². The molecule has 1 atom stereocenters. The van der Waals surface area contributed by atoms with Gasteiger partial charge in [-0.25, -0.2) is 0 Å². The average molecular weight is 246 g/mol. The maximum absolute atomic E-state index is 12.3. The summed E-state index contributed by atoms with van der Waals surface area (Å²) in [6, 6.07) is 10.1. The Morgan fingerprint density at radius 2 is 2.24 bits per heavy atom. The van der Waals surface area contributed by atoms with Crippen molar-refractivity contribution in [3.63, 3.8) is 0 Å². The van der Waals surface area contributed by atoms with Crippen LogP contribution in [-0.2, 0) is 4.74 Å². The quantitative estimate of drug-likeness (QED) is 0.758. The zero-order valence-corrected chi connectivity index (χ0v) is 10.3. The maximum Gasteiger partial charge on any atom is 0.178 e. The zero-order chi connectivity index (χ0) is 11.7. The van der Waals surface area contributed by atoms with Gasteiger partial charge >= 0.3 is 0 Å². The van der Waals surface area contributed by atoms with Gasteiger partial charge in [-0.3, -0.25) is 4.79 Å². The molecule has 2 aromatic rings. The summed E-state index contributed by atoms with van der Waals surface area (Å²) in [6.07, 6.45) is 1.97. The van der Waals surface area contributed by atoms with Gasteiger partial charge in [-0.1, -0.05) is 18.2 Å². The van der Waals surface area contributed by atoms with E-state index in [0.29, 0.717) is 6.61 Å². The van der Waals surface area contributed by atoms with E-state index in [0.717, 1.165) is 29.7 Å². The smallest absolute Gasteiger partial charge is 0.178 e. The Kier molecular flexibility index (Phi) is 2.95. The van der Waals surface area contributed by atoms with Crippen LogP contribution in [-0.4, -0.2) is 19.0 Å². The molecule has 0 saturated carbocycles. The summed E-state index contributed by atoms with van der Waals surface area (Å²) in [4.78, 5) is 13.2. The van der Waals surface area contributed by atoms with E-state index < -0.39 is 0 Å². The fourth-order valence-electron chi connectivity index (χ4n) is 2.25. The van der Waals surface area contributed by atoms with E-state index in [2.05, 4.69) is 12.1 Å². The van der Waals surface area contributed by atoms with Gasteiger partial charge in [0.1, 0.15) is 0 Å². The Labute approximate surface area is 104 Å². The molecule has 3 rings (SSSR count). The zero-order valence-electron chi connectivity index (χ0n) is 9.52. The molecule has 0 bridgehead atoms. The van der Waals surface area contributed by atoms with Crippen LogP contribution in [0.25, 0.3) is 10.1 Å². The first-order valence-corrected chi connectivity index (χ1v) is 6.77. The van der Waals surface area contributed by atoms with Crippen molar-refractivity contribution in [2.75, 3.05) is 13.2 Å². The number of Topliss-reactive ketones (excluding diaryl/α,β-unsaturated/α-hetero) is 1. The standard InChI is InChI=1S/C14H14O2S/c15-14(11-5-3-7-16-9-11)13-8-10-4-1-2-6-12(10)17-13/h1-2,4,6,8,11H,3,5,7,9H2. The van der Waals surface area contributed by atoms with Crippen molar-refractivity contribution in [2.45, 2.75) is 12.8 Å². The molecule has 0 amide bonds. The predicted molar refractivity (Wildman–Crippen MR) is 69.7 cm³/mol. The van der Waals surface area contributed by atoms with Gasteiger partial charge in [0.2, 0.25) is 0 Å². The van der Waals surface area contributed by atoms with Crippen LogP contribution in [0.5, 0.6) is 0 Å². The van der Waals surface area contributed by atoms with Crippen molar-refractivity contribution in [3.05, 3.63) is 35.2 Å². The average Bonchev–Trinajstić information content (AvgIpc) is 2.82. The fraction of sp³-hybridized carbons (Fsp3) is 0.357. The molecule has 1 aromatic carbocycles. The molecule has 0 radical (unpaired) electrons. The Morgan fingerprint density at radius 3 is 3.00 bits per heavy atom. The van der Waals surface area contributed by atoms with Crippen molar-refractivity contribution in [3.8, 4) is 0 Å². The van der Waals surface area contributed by atoms with Crippen molar-refractivity contribution in [2.24, 2.45) is 5.92 Å². The molecule has 3 heteroatoms. The lowest BCUT2D eigenvalue weighted by Gasteiger charge is -2.19. The van der Waals surface area contributed by atoms with Crippen LogP contribution in [0.1, 0.15) is 22.5 Å². The van der Waals surface area contributed by atoms with Crippen molar-refractivity contribution >= 4 is 27.2 Å². The van der Waals surface area contributed by atoms with Crippen LogP contribution < -0.4 is 0 Å². The first-order valence-electron chi connectivity index (χ1n) is 5.95. The lowest BCUT2D eigenvalue weighted by atomic mass is 9.96. The van der Waals surface area contributed by atoms with Crippen LogP contribution in [0.2, 0.25) is 0 Å². The molecular formula is C14H14O2S. The SMILES string of the molecule is O=C(c1cc2ccccc2s1)C1CCCOC1. The van der Waals surface area contributed by atoms with Gasteiger partial charge in [0.25, 0.3) is 0 Å². The van der Waals surface area contributed by atoms with E-state index in [9.17, 15) is 4.79 Å². The highest BCUT2D eigenvalue weighted by Crippen LogP contribution is 2.29. The Hall–Kier alpha value is -1.19. The molecule has 88 valence electrons. The molecule has 2 nitrogen and oxygen atoms in total. The normalized spacial score (nSPS) is 20.6. The maximum atomic E-state index is 12.3. The molecule has 2 heterocycles. The third-order valence-corrected chi connectivity index (χ3v) is 4.33. The first kappa shape index (κ1) is 10.9. The minimum absolute atomic E-state index is 0.0665. The molecule has 1 unspecified atom stereocenters. The number of ether oxygens (including phenoxy) is 1. The summed E-state index contributed by atoms with van der Waals surface area (Å²) >= 11 is 1.59. The molecule has 1 aliphatic rings. The Morgan fingerprint density at radius 1 is 1.35 bits per heavy atom. The highest BCUT2D eigenvalue weighted by atomic mass is 32.1. The third-order valence-electron chi connectivity index (χ3n) is 3.20. The summed E-state index contributed by atoms with van der Waals surface area (Å²) in [6.45, 7) is 1.39. The van der Waals surface area contributed by atoms with Crippen LogP contribution in [0.4, 0.5) is 0 Å². The summed E-state index contributed by atoms with van der Waals surface area (Å²) in [5.41, 5.74) is 0. The molecule has 1 fully saturated rings.